The lowest BCUT2D eigenvalue weighted by Gasteiger charge is -2.09. The Morgan fingerprint density at radius 2 is 2.29 bits per heavy atom. The normalized spacial score (nSPS) is 10.2. The molecule has 1 heterocycles. The van der Waals surface area contributed by atoms with E-state index in [0.29, 0.717) is 16.4 Å². The largest absolute Gasteiger partial charge is 0.398 e. The van der Waals surface area contributed by atoms with Gasteiger partial charge in [0.15, 0.2) is 5.69 Å². The fraction of sp³-hybridized carbons (Fsp3) is 0.0909. The molecule has 0 fully saturated rings. The van der Waals surface area contributed by atoms with E-state index in [9.17, 15) is 4.79 Å². The van der Waals surface area contributed by atoms with Crippen molar-refractivity contribution in [2.75, 3.05) is 11.1 Å². The summed E-state index contributed by atoms with van der Waals surface area (Å²) < 4.78 is 4.59. The third-order valence-electron chi connectivity index (χ3n) is 2.26. The van der Waals surface area contributed by atoms with Crippen LogP contribution in [0.15, 0.2) is 29.0 Å². The van der Waals surface area contributed by atoms with Crippen molar-refractivity contribution in [1.29, 1.82) is 0 Å². The van der Waals surface area contributed by atoms with Gasteiger partial charge in [-0.15, -0.1) is 0 Å². The third kappa shape index (κ3) is 2.39. The Morgan fingerprint density at radius 1 is 1.53 bits per heavy atom. The molecule has 0 unspecified atom stereocenters. The number of aromatic nitrogens is 1. The number of rotatable bonds is 2. The van der Waals surface area contributed by atoms with Gasteiger partial charge in [-0.05, 0) is 24.6 Å². The Labute approximate surface area is 103 Å². The lowest BCUT2D eigenvalue weighted by atomic mass is 10.1. The number of nitrogen functional groups attached to an aromatic ring is 1. The van der Waals surface area contributed by atoms with Crippen molar-refractivity contribution in [3.05, 3.63) is 40.7 Å². The van der Waals surface area contributed by atoms with Gasteiger partial charge in [-0.25, -0.2) is 0 Å². The van der Waals surface area contributed by atoms with E-state index in [0.717, 1.165) is 5.56 Å². The highest BCUT2D eigenvalue weighted by molar-refractivity contribution is 6.33. The standard InChI is InChI=1S/C11H10ClN3O2/c1-6-4-8(13)7(12)5-10(6)14-11(16)9-2-3-17-15-9/h2-5H,13H2,1H3,(H,14,16). The van der Waals surface area contributed by atoms with Crippen molar-refractivity contribution in [2.24, 2.45) is 0 Å². The number of hydrogen-bond acceptors (Lipinski definition) is 4. The fourth-order valence-electron chi connectivity index (χ4n) is 1.35. The van der Waals surface area contributed by atoms with Crippen molar-refractivity contribution >= 4 is 28.9 Å². The molecule has 6 heteroatoms. The maximum absolute atomic E-state index is 11.7. The molecule has 1 aromatic heterocycles. The van der Waals surface area contributed by atoms with E-state index in [4.69, 9.17) is 17.3 Å². The number of hydrogen-bond donors (Lipinski definition) is 2. The second-order valence-corrected chi connectivity index (χ2v) is 3.93. The maximum atomic E-state index is 11.7. The van der Waals surface area contributed by atoms with E-state index < -0.39 is 0 Å². The van der Waals surface area contributed by atoms with Crippen LogP contribution in [-0.4, -0.2) is 11.1 Å². The highest BCUT2D eigenvalue weighted by atomic mass is 35.5. The number of carbonyl (C=O) groups is 1. The molecule has 0 aliphatic heterocycles. The first-order valence-electron chi connectivity index (χ1n) is 4.85. The van der Waals surface area contributed by atoms with Gasteiger partial charge in [-0.2, -0.15) is 0 Å². The Balaban J connectivity index is 2.25. The lowest BCUT2D eigenvalue weighted by Crippen LogP contribution is -2.13. The zero-order valence-electron chi connectivity index (χ0n) is 9.03. The van der Waals surface area contributed by atoms with Crippen molar-refractivity contribution in [3.8, 4) is 0 Å². The van der Waals surface area contributed by atoms with Gasteiger partial charge in [0.1, 0.15) is 6.26 Å². The molecular formula is C11H10ClN3O2. The van der Waals surface area contributed by atoms with Gasteiger partial charge in [-0.3, -0.25) is 4.79 Å². The van der Waals surface area contributed by atoms with Crippen molar-refractivity contribution in [1.82, 2.24) is 5.16 Å². The smallest absolute Gasteiger partial charge is 0.277 e. The van der Waals surface area contributed by atoms with Gasteiger partial charge in [-0.1, -0.05) is 16.8 Å². The summed E-state index contributed by atoms with van der Waals surface area (Å²) in [5.41, 5.74) is 7.74. The van der Waals surface area contributed by atoms with Crippen LogP contribution in [-0.2, 0) is 0 Å². The third-order valence-corrected chi connectivity index (χ3v) is 2.59. The van der Waals surface area contributed by atoms with Crippen molar-refractivity contribution in [2.45, 2.75) is 6.92 Å². The number of amides is 1. The molecule has 2 aromatic rings. The molecule has 0 radical (unpaired) electrons. The van der Waals surface area contributed by atoms with Crippen LogP contribution in [0, 0.1) is 6.92 Å². The van der Waals surface area contributed by atoms with Crippen LogP contribution >= 0.6 is 11.6 Å². The minimum Gasteiger partial charge on any atom is -0.398 e. The molecule has 0 aliphatic carbocycles. The number of nitrogens with zero attached hydrogens (tertiary/aromatic N) is 1. The van der Waals surface area contributed by atoms with E-state index in [1.165, 1.54) is 12.3 Å². The predicted molar refractivity (Wildman–Crippen MR) is 65.1 cm³/mol. The van der Waals surface area contributed by atoms with Crippen LogP contribution in [0.3, 0.4) is 0 Å². The molecular weight excluding hydrogens is 242 g/mol. The molecule has 0 saturated carbocycles. The Bertz CT molecular complexity index is 552. The molecule has 0 aliphatic rings. The van der Waals surface area contributed by atoms with Crippen molar-refractivity contribution in [3.63, 3.8) is 0 Å². The van der Waals surface area contributed by atoms with E-state index >= 15 is 0 Å². The fourth-order valence-corrected chi connectivity index (χ4v) is 1.52. The number of halogens is 1. The average Bonchev–Trinajstić information content (AvgIpc) is 2.79. The summed E-state index contributed by atoms with van der Waals surface area (Å²) in [6.45, 7) is 1.82. The second-order valence-electron chi connectivity index (χ2n) is 3.53. The van der Waals surface area contributed by atoms with Gasteiger partial charge in [0, 0.05) is 11.8 Å². The summed E-state index contributed by atoms with van der Waals surface area (Å²) in [5.74, 6) is -0.359. The number of aryl methyl sites for hydroxylation is 1. The topological polar surface area (TPSA) is 81.1 Å². The quantitative estimate of drug-likeness (QED) is 0.804. The summed E-state index contributed by atoms with van der Waals surface area (Å²) in [4.78, 5) is 11.7. The summed E-state index contributed by atoms with van der Waals surface area (Å²) in [6.07, 6.45) is 1.33. The Hall–Kier alpha value is -2.01. The van der Waals surface area contributed by atoms with E-state index in [1.54, 1.807) is 12.1 Å². The molecule has 17 heavy (non-hydrogen) atoms. The Morgan fingerprint density at radius 3 is 2.94 bits per heavy atom. The summed E-state index contributed by atoms with van der Waals surface area (Å²) in [7, 11) is 0. The average molecular weight is 252 g/mol. The molecule has 5 nitrogen and oxygen atoms in total. The number of nitrogens with one attached hydrogen (secondary N) is 1. The number of anilines is 2. The second kappa shape index (κ2) is 4.47. The van der Waals surface area contributed by atoms with Gasteiger partial charge >= 0.3 is 0 Å². The summed E-state index contributed by atoms with van der Waals surface area (Å²) >= 11 is 5.88. The molecule has 88 valence electrons. The van der Waals surface area contributed by atoms with Crippen LogP contribution in [0.4, 0.5) is 11.4 Å². The van der Waals surface area contributed by atoms with Crippen LogP contribution in [0.1, 0.15) is 16.1 Å². The first-order valence-corrected chi connectivity index (χ1v) is 5.23. The lowest BCUT2D eigenvalue weighted by molar-refractivity contribution is 0.101. The minimum atomic E-state index is -0.359. The maximum Gasteiger partial charge on any atom is 0.277 e. The zero-order chi connectivity index (χ0) is 12.4. The van der Waals surface area contributed by atoms with E-state index in [1.807, 2.05) is 6.92 Å². The SMILES string of the molecule is Cc1cc(N)c(Cl)cc1NC(=O)c1ccon1. The number of nitrogens with two attached hydrogens (primary N) is 1. The van der Waals surface area contributed by atoms with Gasteiger partial charge < -0.3 is 15.6 Å². The minimum absolute atomic E-state index is 0.206. The van der Waals surface area contributed by atoms with Gasteiger partial charge in [0.2, 0.25) is 0 Å². The molecule has 0 bridgehead atoms. The van der Waals surface area contributed by atoms with Crippen molar-refractivity contribution < 1.29 is 9.32 Å². The first kappa shape index (κ1) is 11.5. The van der Waals surface area contributed by atoms with Crippen LogP contribution in [0.2, 0.25) is 5.02 Å². The van der Waals surface area contributed by atoms with Crippen LogP contribution in [0.5, 0.6) is 0 Å². The molecule has 0 atom stereocenters. The summed E-state index contributed by atoms with van der Waals surface area (Å²) in [6, 6.07) is 4.77. The first-order chi connectivity index (χ1) is 8.08. The Kier molecular flexibility index (Phi) is 3.01. The van der Waals surface area contributed by atoms with Gasteiger partial charge in [0.05, 0.1) is 10.7 Å². The number of benzene rings is 1. The monoisotopic (exact) mass is 251 g/mol. The molecule has 0 saturated heterocycles. The molecule has 3 N–H and O–H groups in total. The van der Waals surface area contributed by atoms with Gasteiger partial charge in [0.25, 0.3) is 5.91 Å². The van der Waals surface area contributed by atoms with E-state index in [2.05, 4.69) is 15.0 Å². The van der Waals surface area contributed by atoms with E-state index in [-0.39, 0.29) is 11.6 Å². The summed E-state index contributed by atoms with van der Waals surface area (Å²) in [5, 5.41) is 6.61. The van der Waals surface area contributed by atoms with Crippen LogP contribution in [0.25, 0.3) is 0 Å². The highest BCUT2D eigenvalue weighted by Crippen LogP contribution is 2.26. The zero-order valence-corrected chi connectivity index (χ0v) is 9.78. The number of carbonyl (C=O) groups excluding carboxylic acids is 1. The molecule has 1 aromatic carbocycles. The molecule has 0 spiro atoms. The van der Waals surface area contributed by atoms with Crippen LogP contribution < -0.4 is 11.1 Å². The highest BCUT2D eigenvalue weighted by Gasteiger charge is 2.11. The molecule has 1 amide bonds. The predicted octanol–water partition coefficient (Wildman–Crippen LogP) is 2.47. The molecule has 2 rings (SSSR count).